The number of aromatic nitrogens is 5. The van der Waals surface area contributed by atoms with Gasteiger partial charge >= 0.3 is 0 Å². The van der Waals surface area contributed by atoms with Crippen LogP contribution >= 0.6 is 0 Å². The maximum Gasteiger partial charge on any atom is 0.257 e. The topological polar surface area (TPSA) is 118 Å². The molecule has 2 N–H and O–H groups in total. The second-order valence-electron chi connectivity index (χ2n) is 8.63. The van der Waals surface area contributed by atoms with Crippen molar-refractivity contribution < 1.29 is 9.59 Å². The van der Waals surface area contributed by atoms with Crippen molar-refractivity contribution in [2.75, 3.05) is 29.9 Å². The SMILES string of the molecule is O=C(NCC1CCCN(c2ncccn2)C1)c1ccc(-n2cc(NC(=O)c3cccnc3)cn2)cc1. The van der Waals surface area contributed by atoms with Gasteiger partial charge in [-0.2, -0.15) is 5.10 Å². The van der Waals surface area contributed by atoms with E-state index in [-0.39, 0.29) is 11.8 Å². The Hall–Kier alpha value is -4.60. The number of nitrogens with zero attached hydrogens (tertiary/aromatic N) is 6. The molecule has 5 rings (SSSR count). The lowest BCUT2D eigenvalue weighted by Gasteiger charge is -2.32. The minimum Gasteiger partial charge on any atom is -0.352 e. The number of carbonyl (C=O) groups is 2. The zero-order valence-corrected chi connectivity index (χ0v) is 19.6. The summed E-state index contributed by atoms with van der Waals surface area (Å²) >= 11 is 0. The van der Waals surface area contributed by atoms with Crippen molar-refractivity contribution in [2.45, 2.75) is 12.8 Å². The smallest absolute Gasteiger partial charge is 0.257 e. The van der Waals surface area contributed by atoms with E-state index in [1.165, 1.54) is 6.20 Å². The van der Waals surface area contributed by atoms with Crippen LogP contribution in [-0.4, -0.2) is 56.2 Å². The van der Waals surface area contributed by atoms with Crippen LogP contribution in [0.5, 0.6) is 0 Å². The molecule has 10 heteroatoms. The molecule has 182 valence electrons. The quantitative estimate of drug-likeness (QED) is 0.416. The molecule has 3 aromatic heterocycles. The van der Waals surface area contributed by atoms with Crippen LogP contribution in [-0.2, 0) is 0 Å². The van der Waals surface area contributed by atoms with E-state index >= 15 is 0 Å². The number of nitrogens with one attached hydrogen (secondary N) is 2. The fourth-order valence-corrected chi connectivity index (χ4v) is 4.20. The highest BCUT2D eigenvalue weighted by molar-refractivity contribution is 6.03. The van der Waals surface area contributed by atoms with Crippen LogP contribution in [0.4, 0.5) is 11.6 Å². The molecule has 1 aromatic carbocycles. The van der Waals surface area contributed by atoms with Crippen molar-refractivity contribution in [3.05, 3.63) is 90.8 Å². The highest BCUT2D eigenvalue weighted by atomic mass is 16.2. The number of benzene rings is 1. The first-order valence-electron chi connectivity index (χ1n) is 11.8. The molecule has 36 heavy (non-hydrogen) atoms. The lowest BCUT2D eigenvalue weighted by atomic mass is 9.98. The first kappa shape index (κ1) is 23.2. The summed E-state index contributed by atoms with van der Waals surface area (Å²) in [5.74, 6) is 0.712. The molecule has 1 atom stereocenters. The molecule has 10 nitrogen and oxygen atoms in total. The van der Waals surface area contributed by atoms with Gasteiger partial charge in [0, 0.05) is 50.0 Å². The van der Waals surface area contributed by atoms with Gasteiger partial charge in [-0.25, -0.2) is 14.6 Å². The third-order valence-electron chi connectivity index (χ3n) is 6.06. The molecule has 1 aliphatic rings. The molecule has 0 radical (unpaired) electrons. The Morgan fingerprint density at radius 3 is 2.56 bits per heavy atom. The van der Waals surface area contributed by atoms with Crippen molar-refractivity contribution in [3.63, 3.8) is 0 Å². The summed E-state index contributed by atoms with van der Waals surface area (Å²) in [5.41, 5.74) is 2.39. The highest BCUT2D eigenvalue weighted by Crippen LogP contribution is 2.20. The first-order valence-corrected chi connectivity index (χ1v) is 11.8. The largest absolute Gasteiger partial charge is 0.352 e. The summed E-state index contributed by atoms with van der Waals surface area (Å²) in [6, 6.07) is 12.4. The molecule has 1 saturated heterocycles. The third-order valence-corrected chi connectivity index (χ3v) is 6.06. The van der Waals surface area contributed by atoms with Crippen molar-refractivity contribution >= 4 is 23.5 Å². The average molecular weight is 483 g/mol. The van der Waals surface area contributed by atoms with E-state index in [4.69, 9.17) is 0 Å². The Morgan fingerprint density at radius 2 is 1.78 bits per heavy atom. The Balaban J connectivity index is 1.14. The summed E-state index contributed by atoms with van der Waals surface area (Å²) in [4.78, 5) is 39.8. The summed E-state index contributed by atoms with van der Waals surface area (Å²) in [6.07, 6.45) is 12.0. The van der Waals surface area contributed by atoms with E-state index in [0.29, 0.717) is 29.3 Å². The predicted octanol–water partition coefficient (Wildman–Crippen LogP) is 2.96. The van der Waals surface area contributed by atoms with E-state index in [9.17, 15) is 9.59 Å². The molecule has 4 heterocycles. The Bertz CT molecular complexity index is 1310. The van der Waals surface area contributed by atoms with Gasteiger partial charge < -0.3 is 15.5 Å². The first-order chi connectivity index (χ1) is 17.7. The molecule has 0 spiro atoms. The van der Waals surface area contributed by atoms with Crippen LogP contribution in [0.3, 0.4) is 0 Å². The van der Waals surface area contributed by atoms with E-state index in [0.717, 1.165) is 37.6 Å². The minimum atomic E-state index is -0.257. The van der Waals surface area contributed by atoms with Gasteiger partial charge in [0.25, 0.3) is 11.8 Å². The van der Waals surface area contributed by atoms with Gasteiger partial charge in [0.05, 0.1) is 29.3 Å². The van der Waals surface area contributed by atoms with Crippen molar-refractivity contribution in [2.24, 2.45) is 5.92 Å². The van der Waals surface area contributed by atoms with Gasteiger partial charge in [-0.15, -0.1) is 0 Å². The fourth-order valence-electron chi connectivity index (χ4n) is 4.20. The standard InChI is InChI=1S/C26H26N8O2/c35-24(30-14-19-4-2-13-33(17-19)26-28-11-3-12-29-26)20-6-8-23(9-7-20)34-18-22(16-31-34)32-25(36)21-5-1-10-27-15-21/h1,3,5-12,15-16,18-19H,2,4,13-14,17H2,(H,30,35)(H,32,36). The van der Waals surface area contributed by atoms with Crippen molar-refractivity contribution in [1.29, 1.82) is 0 Å². The van der Waals surface area contributed by atoms with Crippen LogP contribution in [0.1, 0.15) is 33.6 Å². The normalized spacial score (nSPS) is 15.3. The summed E-state index contributed by atoms with van der Waals surface area (Å²) in [6.45, 7) is 2.35. The number of amides is 2. The molecule has 2 amide bonds. The molecular formula is C26H26N8O2. The number of pyridine rings is 1. The zero-order chi connectivity index (χ0) is 24.7. The van der Waals surface area contributed by atoms with Crippen LogP contribution in [0, 0.1) is 5.92 Å². The number of piperidine rings is 1. The maximum atomic E-state index is 12.7. The molecule has 0 saturated carbocycles. The monoisotopic (exact) mass is 482 g/mol. The summed E-state index contributed by atoms with van der Waals surface area (Å²) in [7, 11) is 0. The molecule has 0 aliphatic carbocycles. The van der Waals surface area contributed by atoms with E-state index in [1.807, 2.05) is 18.2 Å². The number of carbonyl (C=O) groups excluding carboxylic acids is 2. The van der Waals surface area contributed by atoms with E-state index in [1.54, 1.807) is 59.9 Å². The lowest BCUT2D eigenvalue weighted by Crippen LogP contribution is -2.41. The predicted molar refractivity (Wildman–Crippen MR) is 135 cm³/mol. The number of hydrogen-bond acceptors (Lipinski definition) is 7. The Morgan fingerprint density at radius 1 is 0.944 bits per heavy atom. The maximum absolute atomic E-state index is 12.7. The van der Waals surface area contributed by atoms with E-state index in [2.05, 4.69) is 35.6 Å². The molecule has 1 fully saturated rings. The number of anilines is 2. The minimum absolute atomic E-state index is 0.112. The molecule has 4 aromatic rings. The van der Waals surface area contributed by atoms with Gasteiger partial charge in [-0.3, -0.25) is 14.6 Å². The average Bonchev–Trinajstić information content (AvgIpc) is 3.41. The van der Waals surface area contributed by atoms with Gasteiger partial charge in [-0.1, -0.05) is 0 Å². The fraction of sp³-hybridized carbons (Fsp3) is 0.231. The van der Waals surface area contributed by atoms with Crippen molar-refractivity contribution in [3.8, 4) is 5.69 Å². The lowest BCUT2D eigenvalue weighted by molar-refractivity contribution is 0.0945. The molecule has 1 unspecified atom stereocenters. The zero-order valence-electron chi connectivity index (χ0n) is 19.6. The van der Waals surface area contributed by atoms with E-state index < -0.39 is 0 Å². The molecule has 0 bridgehead atoms. The summed E-state index contributed by atoms with van der Waals surface area (Å²) < 4.78 is 1.64. The number of hydrogen-bond donors (Lipinski definition) is 2. The van der Waals surface area contributed by atoms with Gasteiger partial charge in [-0.05, 0) is 61.2 Å². The van der Waals surface area contributed by atoms with Crippen molar-refractivity contribution in [1.82, 2.24) is 30.0 Å². The van der Waals surface area contributed by atoms with Gasteiger partial charge in [0.2, 0.25) is 5.95 Å². The Labute approximate surface area is 208 Å². The highest BCUT2D eigenvalue weighted by Gasteiger charge is 2.22. The van der Waals surface area contributed by atoms with Gasteiger partial charge in [0.15, 0.2) is 0 Å². The van der Waals surface area contributed by atoms with Crippen LogP contribution in [0.25, 0.3) is 5.69 Å². The second kappa shape index (κ2) is 10.8. The number of rotatable bonds is 7. The summed E-state index contributed by atoms with van der Waals surface area (Å²) in [5, 5.41) is 10.2. The van der Waals surface area contributed by atoms with Crippen LogP contribution < -0.4 is 15.5 Å². The third kappa shape index (κ3) is 5.54. The molecule has 1 aliphatic heterocycles. The Kier molecular flexibility index (Phi) is 6.93. The van der Waals surface area contributed by atoms with Crippen LogP contribution in [0.2, 0.25) is 0 Å². The van der Waals surface area contributed by atoms with Crippen LogP contribution in [0.15, 0.2) is 79.6 Å². The second-order valence-corrected chi connectivity index (χ2v) is 8.63. The molecular weight excluding hydrogens is 456 g/mol. The van der Waals surface area contributed by atoms with Gasteiger partial charge in [0.1, 0.15) is 0 Å².